The summed E-state index contributed by atoms with van der Waals surface area (Å²) in [4.78, 5) is 26.9. The van der Waals surface area contributed by atoms with Gasteiger partial charge in [0, 0.05) is 28.5 Å². The molecule has 46 heavy (non-hydrogen) atoms. The van der Waals surface area contributed by atoms with E-state index in [1.54, 1.807) is 0 Å². The Morgan fingerprint density at radius 2 is 1.11 bits per heavy atom. The lowest BCUT2D eigenvalue weighted by atomic mass is 9.72. The summed E-state index contributed by atoms with van der Waals surface area (Å²) in [5.74, 6) is -2.30. The van der Waals surface area contributed by atoms with Crippen molar-refractivity contribution in [3.05, 3.63) is 132 Å². The third kappa shape index (κ3) is 8.07. The lowest BCUT2D eigenvalue weighted by Gasteiger charge is -2.42. The number of nitrogens with zero attached hydrogens (tertiary/aromatic N) is 2. The van der Waals surface area contributed by atoms with Gasteiger partial charge in [0.25, 0.3) is 0 Å². The fourth-order valence-electron chi connectivity index (χ4n) is 6.37. The molecular weight excluding hydrogens is 596 g/mol. The maximum atomic E-state index is 12.2. The van der Waals surface area contributed by atoms with E-state index < -0.39 is 17.5 Å². The Labute approximate surface area is 274 Å². The number of fused-ring (bicyclic) bond motifs is 2. The second kappa shape index (κ2) is 15.8. The number of carboxylic acid groups (broad SMARTS) is 2. The highest BCUT2D eigenvalue weighted by Gasteiger charge is 2.41. The van der Waals surface area contributed by atoms with Crippen LogP contribution in [0.4, 0.5) is 11.4 Å². The molecule has 6 rings (SSSR count). The molecule has 2 heterocycles. The lowest BCUT2D eigenvalue weighted by molar-refractivity contribution is -0.134. The highest BCUT2D eigenvalue weighted by atomic mass is 32.2. The van der Waals surface area contributed by atoms with Gasteiger partial charge in [-0.2, -0.15) is 0 Å². The molecule has 0 atom stereocenters. The first-order valence-electron chi connectivity index (χ1n) is 15.7. The summed E-state index contributed by atoms with van der Waals surface area (Å²) in [7, 11) is 0. The molecule has 1 fully saturated rings. The zero-order valence-corrected chi connectivity index (χ0v) is 26.6. The maximum Gasteiger partial charge on any atom is 0.328 e. The summed E-state index contributed by atoms with van der Waals surface area (Å²) < 4.78 is 0. The Balaban J connectivity index is 0.000000463. The molecule has 0 radical (unpaired) electrons. The van der Waals surface area contributed by atoms with Crippen LogP contribution in [0.3, 0.4) is 0 Å². The highest BCUT2D eigenvalue weighted by molar-refractivity contribution is 7.99. The number of benzene rings is 4. The molecule has 2 aliphatic heterocycles. The summed E-state index contributed by atoms with van der Waals surface area (Å²) in [5.41, 5.74) is 3.73. The van der Waals surface area contributed by atoms with E-state index in [-0.39, 0.29) is 5.92 Å². The number of carbonyl (C=O) groups is 2. The first-order valence-corrected chi connectivity index (χ1v) is 16.5. The van der Waals surface area contributed by atoms with E-state index in [4.69, 9.17) is 10.2 Å². The van der Waals surface area contributed by atoms with Crippen LogP contribution in [0.5, 0.6) is 0 Å². The minimum absolute atomic E-state index is 0.211. The number of hydrogen-bond acceptors (Lipinski definition) is 6. The van der Waals surface area contributed by atoms with Crippen molar-refractivity contribution in [1.29, 1.82) is 0 Å². The van der Waals surface area contributed by atoms with Gasteiger partial charge in [0.2, 0.25) is 0 Å². The molecule has 4 aromatic rings. The number of piperidine rings is 1. The van der Waals surface area contributed by atoms with Crippen LogP contribution in [0.25, 0.3) is 0 Å². The van der Waals surface area contributed by atoms with Gasteiger partial charge in [0.1, 0.15) is 5.60 Å². The molecule has 0 amide bonds. The van der Waals surface area contributed by atoms with E-state index in [1.165, 1.54) is 27.6 Å². The lowest BCUT2D eigenvalue weighted by Crippen LogP contribution is -2.44. The molecule has 7 nitrogen and oxygen atoms in total. The van der Waals surface area contributed by atoms with E-state index in [0.717, 1.165) is 56.6 Å². The van der Waals surface area contributed by atoms with Crippen molar-refractivity contribution >= 4 is 35.1 Å². The molecule has 3 N–H and O–H groups in total. The fraction of sp³-hybridized carbons (Fsp3) is 0.263. The molecule has 0 aliphatic carbocycles. The summed E-state index contributed by atoms with van der Waals surface area (Å²) in [6, 6.07) is 38.1. The molecule has 4 aromatic carbocycles. The van der Waals surface area contributed by atoms with Crippen LogP contribution in [-0.2, 0) is 15.2 Å². The highest BCUT2D eigenvalue weighted by Crippen LogP contribution is 2.48. The number of anilines is 2. The zero-order chi connectivity index (χ0) is 32.4. The van der Waals surface area contributed by atoms with Crippen molar-refractivity contribution in [2.75, 3.05) is 31.1 Å². The molecule has 0 saturated carbocycles. The van der Waals surface area contributed by atoms with Crippen molar-refractivity contribution in [2.24, 2.45) is 5.92 Å². The second-order valence-corrected chi connectivity index (χ2v) is 12.6. The molecule has 0 spiro atoms. The van der Waals surface area contributed by atoms with E-state index in [2.05, 4.69) is 82.6 Å². The van der Waals surface area contributed by atoms with E-state index >= 15 is 0 Å². The van der Waals surface area contributed by atoms with E-state index in [1.807, 2.05) is 48.2 Å². The molecule has 8 heteroatoms. The first kappa shape index (κ1) is 33.0. The number of carboxylic acids is 2. The van der Waals surface area contributed by atoms with Gasteiger partial charge in [0.05, 0.1) is 11.4 Å². The van der Waals surface area contributed by atoms with Gasteiger partial charge in [-0.1, -0.05) is 96.7 Å². The SMILES string of the molecule is O=C(O)/C=C\C(=O)O.OC(c1ccccc1)(c1ccccc1)C1CCN(CCCCN2c3ccccc3Sc3ccccc32)CC1. The Kier molecular flexibility index (Phi) is 11.3. The zero-order valence-electron chi connectivity index (χ0n) is 25.7. The predicted molar refractivity (Wildman–Crippen MR) is 183 cm³/mol. The van der Waals surface area contributed by atoms with Gasteiger partial charge in [-0.15, -0.1) is 0 Å². The summed E-state index contributed by atoms with van der Waals surface area (Å²) in [6.07, 6.45) is 5.46. The fourth-order valence-corrected chi connectivity index (χ4v) is 7.46. The molecule has 0 bridgehead atoms. The molecule has 0 aromatic heterocycles. The van der Waals surface area contributed by atoms with Crippen LogP contribution in [0, 0.1) is 5.92 Å². The van der Waals surface area contributed by atoms with Crippen molar-refractivity contribution in [3.63, 3.8) is 0 Å². The first-order chi connectivity index (χ1) is 22.4. The Morgan fingerprint density at radius 3 is 1.59 bits per heavy atom. The van der Waals surface area contributed by atoms with Crippen LogP contribution < -0.4 is 4.90 Å². The van der Waals surface area contributed by atoms with E-state index in [0.29, 0.717) is 12.2 Å². The number of aliphatic carboxylic acids is 2. The van der Waals surface area contributed by atoms with Crippen molar-refractivity contribution in [2.45, 2.75) is 41.1 Å². The molecule has 238 valence electrons. The molecule has 0 unspecified atom stereocenters. The molecule has 1 saturated heterocycles. The summed E-state index contributed by atoms with van der Waals surface area (Å²) in [6.45, 7) is 4.23. The smallest absolute Gasteiger partial charge is 0.328 e. The summed E-state index contributed by atoms with van der Waals surface area (Å²) in [5, 5.41) is 27.8. The van der Waals surface area contributed by atoms with Gasteiger partial charge in [-0.25, -0.2) is 9.59 Å². The largest absolute Gasteiger partial charge is 0.478 e. The van der Waals surface area contributed by atoms with Crippen LogP contribution in [0.2, 0.25) is 0 Å². The van der Waals surface area contributed by atoms with Crippen LogP contribution in [0.15, 0.2) is 131 Å². The normalized spacial score (nSPS) is 15.0. The number of para-hydroxylation sites is 2. The topological polar surface area (TPSA) is 101 Å². The van der Waals surface area contributed by atoms with Crippen molar-refractivity contribution in [1.82, 2.24) is 4.90 Å². The minimum atomic E-state index is -1.26. The minimum Gasteiger partial charge on any atom is -0.478 e. The molecule has 2 aliphatic rings. The summed E-state index contributed by atoms with van der Waals surface area (Å²) >= 11 is 1.88. The van der Waals surface area contributed by atoms with Gasteiger partial charge in [-0.05, 0) is 86.6 Å². The van der Waals surface area contributed by atoms with Crippen molar-refractivity contribution < 1.29 is 24.9 Å². The van der Waals surface area contributed by atoms with E-state index in [9.17, 15) is 14.7 Å². The number of unbranched alkanes of at least 4 members (excludes halogenated alkanes) is 1. The monoisotopic (exact) mass is 636 g/mol. The number of rotatable bonds is 10. The standard InChI is InChI=1S/C34H36N2OS.C4H4O4/c37-34(27-13-3-1-4-14-27,28-15-5-2-6-16-28)29-21-25-35(26-22-29)23-11-12-24-36-30-17-7-9-19-32(30)38-33-20-10-8-18-31(33)36;5-3(6)1-2-4(7)8/h1-10,13-20,29,37H,11-12,21-26H2;1-2H,(H,5,6)(H,7,8)/b;2-1-. The number of likely N-dealkylation sites (tertiary alicyclic amines) is 1. The number of hydrogen-bond donors (Lipinski definition) is 3. The van der Waals surface area contributed by atoms with Crippen LogP contribution in [0.1, 0.15) is 36.8 Å². The van der Waals surface area contributed by atoms with Crippen LogP contribution >= 0.6 is 11.8 Å². The Hall–Kier alpha value is -4.37. The maximum absolute atomic E-state index is 12.2. The Morgan fingerprint density at radius 1 is 0.674 bits per heavy atom. The predicted octanol–water partition coefficient (Wildman–Crippen LogP) is 7.43. The van der Waals surface area contributed by atoms with Crippen LogP contribution in [-0.4, -0.2) is 58.3 Å². The van der Waals surface area contributed by atoms with Gasteiger partial charge >= 0.3 is 11.9 Å². The average molecular weight is 637 g/mol. The third-order valence-corrected chi connectivity index (χ3v) is 9.74. The third-order valence-electron chi connectivity index (χ3n) is 8.61. The van der Waals surface area contributed by atoms with Gasteiger partial charge in [-0.3, -0.25) is 0 Å². The number of aliphatic hydroxyl groups is 1. The second-order valence-electron chi connectivity index (χ2n) is 11.5. The molecular formula is C38H40N2O5S. The van der Waals surface area contributed by atoms with Gasteiger partial charge in [0.15, 0.2) is 0 Å². The quantitative estimate of drug-likeness (QED) is 0.122. The van der Waals surface area contributed by atoms with Crippen molar-refractivity contribution in [3.8, 4) is 0 Å². The van der Waals surface area contributed by atoms with Gasteiger partial charge < -0.3 is 25.1 Å². The Bertz CT molecular complexity index is 1520. The average Bonchev–Trinajstić information content (AvgIpc) is 3.09.